The Labute approximate surface area is 117 Å². The summed E-state index contributed by atoms with van der Waals surface area (Å²) < 4.78 is 5.08. The van der Waals surface area contributed by atoms with Crippen LogP contribution in [-0.4, -0.2) is 21.6 Å². The maximum Gasteiger partial charge on any atom is 0.340 e. The third kappa shape index (κ3) is 4.03. The van der Waals surface area contributed by atoms with Crippen molar-refractivity contribution >= 4 is 11.7 Å². The van der Waals surface area contributed by atoms with Crippen molar-refractivity contribution in [3.05, 3.63) is 39.4 Å². The smallest absolute Gasteiger partial charge is 0.340 e. The third-order valence-electron chi connectivity index (χ3n) is 2.63. The van der Waals surface area contributed by atoms with Crippen LogP contribution in [0.15, 0.2) is 18.2 Å². The van der Waals surface area contributed by atoms with E-state index >= 15 is 0 Å². The Hall–Kier alpha value is -1.95. The van der Waals surface area contributed by atoms with Crippen LogP contribution in [0.3, 0.4) is 0 Å². The molecule has 6 nitrogen and oxygen atoms in total. The summed E-state index contributed by atoms with van der Waals surface area (Å²) in [7, 11) is 0. The molecule has 0 aliphatic rings. The number of aryl methyl sites for hydroxylation is 1. The maximum atomic E-state index is 11.8. The van der Waals surface area contributed by atoms with Crippen molar-refractivity contribution in [2.24, 2.45) is 0 Å². The molecule has 110 valence electrons. The molecular formula is C14H19NO5. The van der Waals surface area contributed by atoms with Crippen molar-refractivity contribution in [2.45, 2.75) is 45.8 Å². The fraction of sp³-hybridized carbons (Fsp3) is 0.500. The van der Waals surface area contributed by atoms with Crippen molar-refractivity contribution in [2.75, 3.05) is 0 Å². The molecule has 0 heterocycles. The highest BCUT2D eigenvalue weighted by Gasteiger charge is 2.26. The summed E-state index contributed by atoms with van der Waals surface area (Å²) >= 11 is 0. The number of ether oxygens (including phenoxy) is 1. The normalized spacial score (nSPS) is 12.8. The zero-order valence-corrected chi connectivity index (χ0v) is 12.0. The van der Waals surface area contributed by atoms with E-state index in [1.165, 1.54) is 18.2 Å². The molecule has 6 heteroatoms. The Kier molecular flexibility index (Phi) is 4.83. The van der Waals surface area contributed by atoms with Gasteiger partial charge in [0.25, 0.3) is 5.69 Å². The van der Waals surface area contributed by atoms with Gasteiger partial charge in [-0.15, -0.1) is 0 Å². The van der Waals surface area contributed by atoms with Crippen LogP contribution in [0.1, 0.15) is 44.9 Å². The van der Waals surface area contributed by atoms with E-state index in [-0.39, 0.29) is 5.69 Å². The predicted molar refractivity (Wildman–Crippen MR) is 73.3 cm³/mol. The molecule has 1 atom stereocenters. The van der Waals surface area contributed by atoms with Gasteiger partial charge in [0, 0.05) is 11.6 Å². The molecule has 1 N–H and O–H groups in total. The number of nitro groups is 1. The molecule has 0 fully saturated rings. The van der Waals surface area contributed by atoms with Crippen LogP contribution in [0.25, 0.3) is 0 Å². The number of aliphatic hydroxyl groups is 1. The fourth-order valence-corrected chi connectivity index (χ4v) is 1.73. The standard InChI is InChI=1S/C14H19NO5/c1-5-9-8-10(6-7-11(9)15(18)19)12(16)13(17)20-14(2,3)4/h6-8,12,16H,5H2,1-4H3. The van der Waals surface area contributed by atoms with E-state index in [9.17, 15) is 20.0 Å². The molecule has 0 saturated heterocycles. The first-order chi connectivity index (χ1) is 9.15. The van der Waals surface area contributed by atoms with E-state index in [0.717, 1.165) is 0 Å². The minimum absolute atomic E-state index is 0.0207. The predicted octanol–water partition coefficient (Wildman–Crippen LogP) is 2.53. The lowest BCUT2D eigenvalue weighted by Crippen LogP contribution is -2.27. The number of hydrogen-bond donors (Lipinski definition) is 1. The topological polar surface area (TPSA) is 89.7 Å². The SMILES string of the molecule is CCc1cc(C(O)C(=O)OC(C)(C)C)ccc1[N+](=O)[O-]. The molecule has 0 aliphatic heterocycles. The highest BCUT2D eigenvalue weighted by Crippen LogP contribution is 2.25. The number of benzene rings is 1. The van der Waals surface area contributed by atoms with Gasteiger partial charge < -0.3 is 9.84 Å². The second kappa shape index (κ2) is 6.00. The van der Waals surface area contributed by atoms with Gasteiger partial charge in [-0.1, -0.05) is 6.92 Å². The molecule has 0 spiro atoms. The van der Waals surface area contributed by atoms with Gasteiger partial charge >= 0.3 is 5.97 Å². The molecule has 1 unspecified atom stereocenters. The summed E-state index contributed by atoms with van der Waals surface area (Å²) in [6.45, 7) is 6.87. The van der Waals surface area contributed by atoms with Gasteiger partial charge in [-0.2, -0.15) is 0 Å². The molecule has 1 aromatic carbocycles. The highest BCUT2D eigenvalue weighted by molar-refractivity contribution is 5.77. The van der Waals surface area contributed by atoms with Gasteiger partial charge in [0.2, 0.25) is 0 Å². The van der Waals surface area contributed by atoms with Crippen molar-refractivity contribution in [3.8, 4) is 0 Å². The number of rotatable bonds is 4. The van der Waals surface area contributed by atoms with Crippen molar-refractivity contribution in [1.82, 2.24) is 0 Å². The molecule has 0 amide bonds. The summed E-state index contributed by atoms with van der Waals surface area (Å²) in [5.74, 6) is -0.770. The summed E-state index contributed by atoms with van der Waals surface area (Å²) in [4.78, 5) is 22.1. The maximum absolute atomic E-state index is 11.8. The first-order valence-corrected chi connectivity index (χ1v) is 6.34. The fourth-order valence-electron chi connectivity index (χ4n) is 1.73. The summed E-state index contributed by atoms with van der Waals surface area (Å²) in [6.07, 6.45) is -1.01. The summed E-state index contributed by atoms with van der Waals surface area (Å²) in [5, 5.41) is 20.8. The van der Waals surface area contributed by atoms with Crippen LogP contribution < -0.4 is 0 Å². The third-order valence-corrected chi connectivity index (χ3v) is 2.63. The summed E-state index contributed by atoms with van der Waals surface area (Å²) in [6, 6.07) is 4.13. The minimum atomic E-state index is -1.44. The van der Waals surface area contributed by atoms with Gasteiger partial charge in [-0.3, -0.25) is 10.1 Å². The van der Waals surface area contributed by atoms with E-state index in [2.05, 4.69) is 0 Å². The van der Waals surface area contributed by atoms with Crippen molar-refractivity contribution < 1.29 is 19.6 Å². The molecule has 0 aromatic heterocycles. The molecule has 1 rings (SSSR count). The number of hydrogen-bond acceptors (Lipinski definition) is 5. The van der Waals surface area contributed by atoms with E-state index < -0.39 is 22.6 Å². The molecular weight excluding hydrogens is 262 g/mol. The number of esters is 1. The number of carbonyl (C=O) groups is 1. The molecule has 1 aromatic rings. The number of nitro benzene ring substituents is 1. The van der Waals surface area contributed by atoms with E-state index in [0.29, 0.717) is 17.5 Å². The number of carbonyl (C=O) groups excluding carboxylic acids is 1. The van der Waals surface area contributed by atoms with Crippen molar-refractivity contribution in [1.29, 1.82) is 0 Å². The van der Waals surface area contributed by atoms with Crippen LogP contribution in [0.5, 0.6) is 0 Å². The van der Waals surface area contributed by atoms with Gasteiger partial charge in [0.1, 0.15) is 5.60 Å². The van der Waals surface area contributed by atoms with Gasteiger partial charge in [-0.05, 0) is 44.9 Å². The van der Waals surface area contributed by atoms with E-state index in [4.69, 9.17) is 4.74 Å². The Morgan fingerprint density at radius 1 is 1.45 bits per heavy atom. The van der Waals surface area contributed by atoms with E-state index in [1.54, 1.807) is 27.7 Å². The Balaban J connectivity index is 3.02. The van der Waals surface area contributed by atoms with Crippen LogP contribution >= 0.6 is 0 Å². The highest BCUT2D eigenvalue weighted by atomic mass is 16.6. The Morgan fingerprint density at radius 3 is 2.50 bits per heavy atom. The lowest BCUT2D eigenvalue weighted by molar-refractivity contribution is -0.385. The minimum Gasteiger partial charge on any atom is -0.458 e. The second-order valence-electron chi connectivity index (χ2n) is 5.43. The van der Waals surface area contributed by atoms with Crippen LogP contribution in [0.4, 0.5) is 5.69 Å². The monoisotopic (exact) mass is 281 g/mol. The van der Waals surface area contributed by atoms with Crippen LogP contribution in [-0.2, 0) is 16.0 Å². The zero-order chi connectivity index (χ0) is 15.5. The second-order valence-corrected chi connectivity index (χ2v) is 5.43. The molecule has 0 aliphatic carbocycles. The lowest BCUT2D eigenvalue weighted by Gasteiger charge is -2.22. The average Bonchev–Trinajstić information content (AvgIpc) is 2.34. The lowest BCUT2D eigenvalue weighted by atomic mass is 10.0. The van der Waals surface area contributed by atoms with Gasteiger partial charge in [0.05, 0.1) is 4.92 Å². The number of aliphatic hydroxyl groups excluding tert-OH is 1. The average molecular weight is 281 g/mol. The summed E-state index contributed by atoms with van der Waals surface area (Å²) in [5.41, 5.74) is 0.0383. The first-order valence-electron chi connectivity index (χ1n) is 6.34. The first kappa shape index (κ1) is 16.1. The largest absolute Gasteiger partial charge is 0.458 e. The number of nitrogens with zero attached hydrogens (tertiary/aromatic N) is 1. The van der Waals surface area contributed by atoms with Gasteiger partial charge in [-0.25, -0.2) is 4.79 Å². The molecule has 20 heavy (non-hydrogen) atoms. The molecule has 0 bridgehead atoms. The van der Waals surface area contributed by atoms with E-state index in [1.807, 2.05) is 0 Å². The quantitative estimate of drug-likeness (QED) is 0.520. The van der Waals surface area contributed by atoms with Crippen molar-refractivity contribution in [3.63, 3.8) is 0 Å². The van der Waals surface area contributed by atoms with Crippen LogP contribution in [0.2, 0.25) is 0 Å². The zero-order valence-electron chi connectivity index (χ0n) is 12.0. The molecule has 0 saturated carbocycles. The van der Waals surface area contributed by atoms with Crippen LogP contribution in [0, 0.1) is 10.1 Å². The van der Waals surface area contributed by atoms with Gasteiger partial charge in [0.15, 0.2) is 6.10 Å². The Bertz CT molecular complexity index is 519. The Morgan fingerprint density at radius 2 is 2.05 bits per heavy atom. The molecule has 0 radical (unpaired) electrons.